The number of fused-ring (bicyclic) bond motifs is 1. The number of aliphatic imine (C=N–C) groups is 1. The van der Waals surface area contributed by atoms with Gasteiger partial charge < -0.3 is 16.2 Å². The van der Waals surface area contributed by atoms with Crippen LogP contribution in [0.15, 0.2) is 71.9 Å². The molecule has 0 radical (unpaired) electrons. The normalized spacial score (nSPS) is 12.0. The summed E-state index contributed by atoms with van der Waals surface area (Å²) in [6.45, 7) is 0. The van der Waals surface area contributed by atoms with E-state index in [4.69, 9.17) is 27.8 Å². The third-order valence-electron chi connectivity index (χ3n) is 3.21. The lowest BCUT2D eigenvalue weighted by atomic mass is 10.1. The first-order valence-corrected chi connectivity index (χ1v) is 7.59. The number of hydrogen-bond acceptors (Lipinski definition) is 4. The monoisotopic (exact) mass is 338 g/mol. The molecule has 0 saturated carbocycles. The first kappa shape index (κ1) is 15.8. The Morgan fingerprint density at radius 3 is 2.75 bits per heavy atom. The minimum absolute atomic E-state index is 0.258. The Labute approximate surface area is 144 Å². The van der Waals surface area contributed by atoms with Gasteiger partial charge in [-0.3, -0.25) is 0 Å². The molecule has 2 aromatic carbocycles. The van der Waals surface area contributed by atoms with E-state index in [2.05, 4.69) is 9.98 Å². The molecule has 0 saturated heterocycles. The van der Waals surface area contributed by atoms with Crippen LogP contribution in [0.25, 0.3) is 10.8 Å². The van der Waals surface area contributed by atoms with Crippen molar-refractivity contribution >= 4 is 34.0 Å². The van der Waals surface area contributed by atoms with Crippen molar-refractivity contribution < 1.29 is 4.74 Å². The van der Waals surface area contributed by atoms with E-state index < -0.39 is 0 Å². The van der Waals surface area contributed by atoms with Crippen LogP contribution in [0.4, 0.5) is 5.82 Å². The molecule has 1 heterocycles. The summed E-state index contributed by atoms with van der Waals surface area (Å²) in [7, 11) is 0. The molecule has 5 nitrogen and oxygen atoms in total. The van der Waals surface area contributed by atoms with Gasteiger partial charge in [0.15, 0.2) is 5.82 Å². The molecule has 0 fully saturated rings. The summed E-state index contributed by atoms with van der Waals surface area (Å²) in [5, 5.41) is 2.39. The minimum atomic E-state index is 0.258. The summed E-state index contributed by atoms with van der Waals surface area (Å²) in [6, 6.07) is 16.7. The zero-order valence-corrected chi connectivity index (χ0v) is 13.4. The predicted octanol–water partition coefficient (Wildman–Crippen LogP) is 4.14. The first-order valence-electron chi connectivity index (χ1n) is 7.21. The van der Waals surface area contributed by atoms with E-state index in [1.54, 1.807) is 12.1 Å². The Morgan fingerprint density at radius 2 is 1.96 bits per heavy atom. The van der Waals surface area contributed by atoms with Gasteiger partial charge in [-0.15, -0.1) is 0 Å². The van der Waals surface area contributed by atoms with Crippen molar-refractivity contribution in [2.24, 2.45) is 16.5 Å². The second-order valence-electron chi connectivity index (χ2n) is 4.96. The molecule has 120 valence electrons. The van der Waals surface area contributed by atoms with Crippen LogP contribution >= 0.6 is 11.6 Å². The van der Waals surface area contributed by atoms with E-state index in [1.807, 2.05) is 42.5 Å². The molecule has 24 heavy (non-hydrogen) atoms. The predicted molar refractivity (Wildman–Crippen MR) is 97.9 cm³/mol. The molecule has 4 N–H and O–H groups in total. The zero-order valence-electron chi connectivity index (χ0n) is 12.7. The second kappa shape index (κ2) is 7.02. The van der Waals surface area contributed by atoms with Crippen LogP contribution in [0.2, 0.25) is 5.02 Å². The summed E-state index contributed by atoms with van der Waals surface area (Å²) in [4.78, 5) is 8.67. The number of nitrogens with two attached hydrogens (primary N) is 2. The number of hydrogen-bond donors (Lipinski definition) is 2. The third-order valence-corrected chi connectivity index (χ3v) is 3.45. The fourth-order valence-corrected chi connectivity index (χ4v) is 2.38. The molecule has 3 rings (SSSR count). The lowest BCUT2D eigenvalue weighted by Gasteiger charge is -2.09. The van der Waals surface area contributed by atoms with Gasteiger partial charge in [-0.1, -0.05) is 35.9 Å². The van der Waals surface area contributed by atoms with Crippen molar-refractivity contribution in [3.8, 4) is 11.6 Å². The highest BCUT2D eigenvalue weighted by molar-refractivity contribution is 6.30. The second-order valence-corrected chi connectivity index (χ2v) is 5.40. The highest BCUT2D eigenvalue weighted by Gasteiger charge is 2.08. The van der Waals surface area contributed by atoms with E-state index in [0.717, 1.165) is 10.8 Å². The highest BCUT2D eigenvalue weighted by atomic mass is 35.5. The van der Waals surface area contributed by atoms with Gasteiger partial charge in [-0.2, -0.15) is 4.98 Å². The first-order chi connectivity index (χ1) is 11.7. The lowest BCUT2D eigenvalue weighted by molar-refractivity contribution is 0.470. The molecule has 0 atom stereocenters. The van der Waals surface area contributed by atoms with Gasteiger partial charge in [0.05, 0.1) is 0 Å². The number of pyridine rings is 1. The maximum absolute atomic E-state index is 6.01. The smallest absolute Gasteiger partial charge is 0.229 e. The van der Waals surface area contributed by atoms with E-state index in [1.165, 1.54) is 12.3 Å². The van der Waals surface area contributed by atoms with Gasteiger partial charge in [0.2, 0.25) is 5.88 Å². The minimum Gasteiger partial charge on any atom is -0.438 e. The van der Waals surface area contributed by atoms with E-state index in [0.29, 0.717) is 22.5 Å². The Morgan fingerprint density at radius 1 is 1.12 bits per heavy atom. The standard InChI is InChI=1S/C18H15ClN4O/c19-13-5-3-6-14(11-13)24-18-15-7-2-1-4-12(15)10-17(23-18)22-16(21)8-9-20/h1-11H,20H2,(H2,21,22,23)/b9-8-. The molecule has 3 aromatic rings. The average Bonchev–Trinajstić information content (AvgIpc) is 2.55. The number of nitrogens with zero attached hydrogens (tertiary/aromatic N) is 2. The fourth-order valence-electron chi connectivity index (χ4n) is 2.20. The summed E-state index contributed by atoms with van der Waals surface area (Å²) < 4.78 is 5.91. The van der Waals surface area contributed by atoms with Gasteiger partial charge in [0, 0.05) is 10.4 Å². The summed E-state index contributed by atoms with van der Waals surface area (Å²) in [5.41, 5.74) is 11.1. The number of rotatable bonds is 4. The topological polar surface area (TPSA) is 86.5 Å². The number of benzene rings is 2. The molecule has 1 aromatic heterocycles. The van der Waals surface area contributed by atoms with Crippen molar-refractivity contribution in [2.75, 3.05) is 0 Å². The number of aromatic nitrogens is 1. The van der Waals surface area contributed by atoms with E-state index >= 15 is 0 Å². The summed E-state index contributed by atoms with van der Waals surface area (Å²) >= 11 is 6.01. The summed E-state index contributed by atoms with van der Waals surface area (Å²) in [5.74, 6) is 1.71. The number of ether oxygens (including phenoxy) is 1. The zero-order chi connectivity index (χ0) is 16.9. The average molecular weight is 339 g/mol. The van der Waals surface area contributed by atoms with E-state index in [9.17, 15) is 0 Å². The third kappa shape index (κ3) is 3.64. The van der Waals surface area contributed by atoms with Crippen LogP contribution in [-0.4, -0.2) is 10.8 Å². The van der Waals surface area contributed by atoms with Crippen LogP contribution in [0.5, 0.6) is 11.6 Å². The molecule has 0 aliphatic heterocycles. The SMILES string of the molecule is N/C=C\C(N)=N/c1cc2ccccc2c(Oc2cccc(Cl)c2)n1. The molecule has 0 spiro atoms. The Bertz CT molecular complexity index is 937. The molecular formula is C18H15ClN4O. The van der Waals surface area contributed by atoms with Crippen LogP contribution in [0.3, 0.4) is 0 Å². The van der Waals surface area contributed by atoms with Crippen molar-refractivity contribution in [3.05, 3.63) is 71.9 Å². The van der Waals surface area contributed by atoms with Gasteiger partial charge >= 0.3 is 0 Å². The Kier molecular flexibility index (Phi) is 4.63. The number of amidine groups is 1. The lowest BCUT2D eigenvalue weighted by Crippen LogP contribution is -2.07. The molecular weight excluding hydrogens is 324 g/mol. The van der Waals surface area contributed by atoms with Crippen LogP contribution < -0.4 is 16.2 Å². The van der Waals surface area contributed by atoms with Gasteiger partial charge in [-0.25, -0.2) is 4.99 Å². The van der Waals surface area contributed by atoms with Crippen molar-refractivity contribution in [2.45, 2.75) is 0 Å². The maximum atomic E-state index is 6.01. The van der Waals surface area contributed by atoms with Crippen molar-refractivity contribution in [1.82, 2.24) is 4.98 Å². The fraction of sp³-hybridized carbons (Fsp3) is 0. The van der Waals surface area contributed by atoms with E-state index in [-0.39, 0.29) is 5.84 Å². The molecule has 0 amide bonds. The molecule has 0 aliphatic rings. The largest absolute Gasteiger partial charge is 0.438 e. The van der Waals surface area contributed by atoms with Crippen LogP contribution in [-0.2, 0) is 0 Å². The Balaban J connectivity index is 2.09. The number of halogens is 1. The molecule has 0 aliphatic carbocycles. The summed E-state index contributed by atoms with van der Waals surface area (Å²) in [6.07, 6.45) is 2.82. The van der Waals surface area contributed by atoms with Gasteiger partial charge in [-0.05, 0) is 48.0 Å². The molecule has 6 heteroatoms. The van der Waals surface area contributed by atoms with Crippen molar-refractivity contribution in [3.63, 3.8) is 0 Å². The van der Waals surface area contributed by atoms with Gasteiger partial charge in [0.1, 0.15) is 11.6 Å². The Hall–Kier alpha value is -3.05. The van der Waals surface area contributed by atoms with Crippen LogP contribution in [0.1, 0.15) is 0 Å². The quantitative estimate of drug-likeness (QED) is 0.553. The van der Waals surface area contributed by atoms with Crippen molar-refractivity contribution in [1.29, 1.82) is 0 Å². The highest BCUT2D eigenvalue weighted by Crippen LogP contribution is 2.32. The van der Waals surface area contributed by atoms with Crippen LogP contribution in [0, 0.1) is 0 Å². The molecule has 0 unspecified atom stereocenters. The van der Waals surface area contributed by atoms with Gasteiger partial charge in [0.25, 0.3) is 0 Å². The maximum Gasteiger partial charge on any atom is 0.229 e. The molecule has 0 bridgehead atoms.